The lowest BCUT2D eigenvalue weighted by Crippen LogP contribution is -2.12. The molecule has 0 bridgehead atoms. The molecule has 0 aliphatic carbocycles. The number of benzene rings is 2. The van der Waals surface area contributed by atoms with Gasteiger partial charge in [0.1, 0.15) is 5.76 Å². The monoisotopic (exact) mass is 332 g/mol. The fraction of sp³-hybridized carbons (Fsp3) is 0.150. The second kappa shape index (κ2) is 7.57. The lowest BCUT2D eigenvalue weighted by atomic mass is 10.0. The Bertz CT molecular complexity index is 866. The topological polar surface area (TPSA) is 80.8 Å². The van der Waals surface area contributed by atoms with E-state index < -0.39 is 0 Å². The molecule has 3 N–H and O–H groups in total. The molecule has 0 spiro atoms. The molecule has 0 radical (unpaired) electrons. The Hall–Kier alpha value is -3.21. The van der Waals surface area contributed by atoms with Crippen LogP contribution in [0.3, 0.4) is 0 Å². The number of hydrogen-bond donors (Lipinski definition) is 3. The molecule has 1 heterocycles. The van der Waals surface area contributed by atoms with Gasteiger partial charge < -0.3 is 10.4 Å². The molecule has 126 valence electrons. The van der Waals surface area contributed by atoms with Crippen LogP contribution in [0.5, 0.6) is 0 Å². The Morgan fingerprint density at radius 3 is 2.60 bits per heavy atom. The summed E-state index contributed by atoms with van der Waals surface area (Å²) in [6.07, 6.45) is 1.59. The van der Waals surface area contributed by atoms with Gasteiger partial charge in [0.05, 0.1) is 30.6 Å². The highest BCUT2D eigenvalue weighted by molar-refractivity contribution is 6.40. The van der Waals surface area contributed by atoms with Crippen LogP contribution in [0.4, 0.5) is 5.69 Å². The number of aliphatic hydroxyl groups is 1. The maximum atomic E-state index is 10.4. The lowest BCUT2D eigenvalue weighted by molar-refractivity contribution is 0.402. The van der Waals surface area contributed by atoms with Crippen molar-refractivity contribution < 1.29 is 5.11 Å². The minimum atomic E-state index is 0.0414. The average Bonchev–Trinajstić information content (AvgIpc) is 2.83. The summed E-state index contributed by atoms with van der Waals surface area (Å²) in [5.41, 5.74) is 4.15. The first-order valence-electron chi connectivity index (χ1n) is 8.08. The number of aliphatic imine (C=N–C) groups is 2. The molecular formula is C20H20N4O. The van der Waals surface area contributed by atoms with Crippen LogP contribution >= 0.6 is 0 Å². The third-order valence-electron chi connectivity index (χ3n) is 4.01. The van der Waals surface area contributed by atoms with Crippen molar-refractivity contribution >= 4 is 23.4 Å². The molecule has 0 atom stereocenters. The highest BCUT2D eigenvalue weighted by Crippen LogP contribution is 2.14. The number of para-hydroxylation sites is 1. The zero-order valence-corrected chi connectivity index (χ0v) is 14.0. The van der Waals surface area contributed by atoms with Crippen LogP contribution in [0.25, 0.3) is 0 Å². The van der Waals surface area contributed by atoms with Crippen molar-refractivity contribution in [1.29, 1.82) is 5.41 Å². The van der Waals surface area contributed by atoms with Gasteiger partial charge in [-0.3, -0.25) is 10.4 Å². The normalized spacial score (nSPS) is 16.2. The maximum absolute atomic E-state index is 10.4. The van der Waals surface area contributed by atoms with Crippen molar-refractivity contribution in [3.63, 3.8) is 0 Å². The summed E-state index contributed by atoms with van der Waals surface area (Å²) in [5.74, 6) is 0.125. The zero-order chi connectivity index (χ0) is 17.6. The molecule has 0 amide bonds. The Morgan fingerprint density at radius 2 is 1.84 bits per heavy atom. The van der Waals surface area contributed by atoms with E-state index >= 15 is 0 Å². The fourth-order valence-electron chi connectivity index (χ4n) is 2.57. The van der Waals surface area contributed by atoms with E-state index in [2.05, 4.69) is 15.3 Å². The smallest absolute Gasteiger partial charge is 0.153 e. The molecule has 0 unspecified atom stereocenters. The Labute approximate surface area is 147 Å². The molecule has 1 aliphatic rings. The van der Waals surface area contributed by atoms with Gasteiger partial charge in [0, 0.05) is 11.3 Å². The van der Waals surface area contributed by atoms with Crippen LogP contribution < -0.4 is 5.32 Å². The molecule has 3 rings (SSSR count). The summed E-state index contributed by atoms with van der Waals surface area (Å²) in [6.45, 7) is 2.47. The lowest BCUT2D eigenvalue weighted by Gasteiger charge is -2.09. The third kappa shape index (κ3) is 4.01. The van der Waals surface area contributed by atoms with Crippen molar-refractivity contribution in [3.05, 3.63) is 77.1 Å². The minimum absolute atomic E-state index is 0.0414. The van der Waals surface area contributed by atoms with E-state index in [1.54, 1.807) is 6.21 Å². The molecule has 0 fully saturated rings. The number of aryl methyl sites for hydroxylation is 1. The van der Waals surface area contributed by atoms with Crippen molar-refractivity contribution in [3.8, 4) is 0 Å². The van der Waals surface area contributed by atoms with Gasteiger partial charge in [-0.15, -0.1) is 0 Å². The summed E-state index contributed by atoms with van der Waals surface area (Å²) in [6, 6.07) is 17.5. The Kier molecular flexibility index (Phi) is 5.04. The number of hydrogen-bond acceptors (Lipinski definition) is 4. The predicted molar refractivity (Wildman–Crippen MR) is 103 cm³/mol. The predicted octanol–water partition coefficient (Wildman–Crippen LogP) is 3.77. The van der Waals surface area contributed by atoms with Gasteiger partial charge in [-0.05, 0) is 24.6 Å². The van der Waals surface area contributed by atoms with E-state index in [0.29, 0.717) is 5.57 Å². The molecule has 0 aromatic heterocycles. The molecule has 2 aromatic carbocycles. The first-order valence-corrected chi connectivity index (χ1v) is 8.08. The van der Waals surface area contributed by atoms with Gasteiger partial charge in [-0.1, -0.05) is 42.5 Å². The molecule has 25 heavy (non-hydrogen) atoms. The van der Waals surface area contributed by atoms with Gasteiger partial charge >= 0.3 is 0 Å². The summed E-state index contributed by atoms with van der Waals surface area (Å²) in [5, 5.41) is 21.6. The Morgan fingerprint density at radius 1 is 1.12 bits per heavy atom. The van der Waals surface area contributed by atoms with E-state index in [4.69, 9.17) is 5.41 Å². The highest BCUT2D eigenvalue weighted by atomic mass is 16.3. The molecule has 1 aliphatic heterocycles. The summed E-state index contributed by atoms with van der Waals surface area (Å²) in [4.78, 5) is 8.70. The summed E-state index contributed by atoms with van der Waals surface area (Å²) in [7, 11) is 0. The van der Waals surface area contributed by atoms with E-state index in [9.17, 15) is 5.11 Å². The van der Waals surface area contributed by atoms with Crippen LogP contribution in [0, 0.1) is 12.3 Å². The van der Waals surface area contributed by atoms with Gasteiger partial charge in [0.2, 0.25) is 0 Å². The number of aliphatic hydroxyl groups excluding tert-OH is 1. The first-order chi connectivity index (χ1) is 12.1. The second-order valence-electron chi connectivity index (χ2n) is 5.77. The van der Waals surface area contributed by atoms with E-state index in [0.717, 1.165) is 22.5 Å². The SMILES string of the molecule is Cc1ccccc1C1=NCC(=C(O)CNc2ccccc2)C(=N)N=C1. The molecule has 0 saturated carbocycles. The highest BCUT2D eigenvalue weighted by Gasteiger charge is 2.15. The molecule has 5 nitrogen and oxygen atoms in total. The summed E-state index contributed by atoms with van der Waals surface area (Å²) >= 11 is 0. The number of rotatable bonds is 4. The average molecular weight is 332 g/mol. The first kappa shape index (κ1) is 16.6. The third-order valence-corrected chi connectivity index (χ3v) is 4.01. The maximum Gasteiger partial charge on any atom is 0.153 e. The largest absolute Gasteiger partial charge is 0.510 e. The van der Waals surface area contributed by atoms with Crippen molar-refractivity contribution in [2.75, 3.05) is 18.4 Å². The molecule has 5 heteroatoms. The van der Waals surface area contributed by atoms with E-state index in [1.165, 1.54) is 0 Å². The van der Waals surface area contributed by atoms with E-state index in [1.807, 2.05) is 61.5 Å². The van der Waals surface area contributed by atoms with Crippen LogP contribution in [0.2, 0.25) is 0 Å². The van der Waals surface area contributed by atoms with Gasteiger partial charge in [-0.2, -0.15) is 0 Å². The van der Waals surface area contributed by atoms with Crippen LogP contribution in [0.1, 0.15) is 11.1 Å². The zero-order valence-electron chi connectivity index (χ0n) is 14.0. The summed E-state index contributed by atoms with van der Waals surface area (Å²) < 4.78 is 0. The van der Waals surface area contributed by atoms with Crippen molar-refractivity contribution in [1.82, 2.24) is 0 Å². The van der Waals surface area contributed by atoms with Gasteiger partial charge in [0.15, 0.2) is 5.84 Å². The Balaban J connectivity index is 1.80. The van der Waals surface area contributed by atoms with Crippen molar-refractivity contribution in [2.45, 2.75) is 6.92 Å². The number of amidine groups is 1. The quantitative estimate of drug-likeness (QED) is 0.745. The van der Waals surface area contributed by atoms with Gasteiger partial charge in [-0.25, -0.2) is 4.99 Å². The van der Waals surface area contributed by atoms with E-state index in [-0.39, 0.29) is 24.7 Å². The number of anilines is 1. The van der Waals surface area contributed by atoms with Crippen LogP contribution in [-0.2, 0) is 0 Å². The van der Waals surface area contributed by atoms with Crippen LogP contribution in [-0.4, -0.2) is 36.0 Å². The minimum Gasteiger partial charge on any atom is -0.510 e. The molecule has 0 saturated heterocycles. The number of nitrogens with zero attached hydrogens (tertiary/aromatic N) is 2. The fourth-order valence-corrected chi connectivity index (χ4v) is 2.57. The second-order valence-corrected chi connectivity index (χ2v) is 5.77. The number of nitrogens with one attached hydrogen (secondary N) is 2. The molecular weight excluding hydrogens is 312 g/mol. The van der Waals surface area contributed by atoms with Crippen molar-refractivity contribution in [2.24, 2.45) is 9.98 Å². The van der Waals surface area contributed by atoms with Gasteiger partial charge in [0.25, 0.3) is 0 Å². The van der Waals surface area contributed by atoms with Crippen LogP contribution in [0.15, 0.2) is 75.9 Å². The standard InChI is InChI=1S/C20H20N4O/c1-14-7-5-6-10-16(14)18-12-24-20(21)17(11-23-18)19(25)13-22-15-8-3-2-4-9-15/h2-10,12,21-22,25H,11,13H2,1H3. The molecule has 2 aromatic rings.